The molecule has 11 heteroatoms. The molecule has 204 valence electrons. The Hall–Kier alpha value is -2.95. The van der Waals surface area contributed by atoms with Gasteiger partial charge in [-0.3, -0.25) is 14.0 Å². The number of aromatic nitrogens is 3. The van der Waals surface area contributed by atoms with Crippen molar-refractivity contribution in [3.8, 4) is 5.82 Å². The van der Waals surface area contributed by atoms with E-state index in [1.807, 2.05) is 19.9 Å². The smallest absolute Gasteiger partial charge is 0.255 e. The quantitative estimate of drug-likeness (QED) is 0.479. The average Bonchev–Trinajstić information content (AvgIpc) is 3.18. The molecule has 4 rings (SSSR count). The van der Waals surface area contributed by atoms with Gasteiger partial charge in [-0.05, 0) is 70.0 Å². The fraction of sp³-hybridized carbons (Fsp3) is 0.444. The number of carbonyl (C=O) groups is 1. The summed E-state index contributed by atoms with van der Waals surface area (Å²) in [5.74, 6) is 0.464. The van der Waals surface area contributed by atoms with Crippen LogP contribution in [0.15, 0.2) is 42.6 Å². The zero-order chi connectivity index (χ0) is 27.6. The molecule has 0 saturated heterocycles. The molecular weight excluding hydrogens is 524 g/mol. The molecule has 0 bridgehead atoms. The molecule has 0 aliphatic carbocycles. The zero-order valence-corrected chi connectivity index (χ0v) is 24.1. The van der Waals surface area contributed by atoms with E-state index in [-0.39, 0.29) is 18.5 Å². The van der Waals surface area contributed by atoms with E-state index in [1.165, 1.54) is 10.6 Å². The van der Waals surface area contributed by atoms with Crippen molar-refractivity contribution in [1.82, 2.24) is 24.6 Å². The molecule has 2 aromatic heterocycles. The molecule has 1 aromatic carbocycles. The van der Waals surface area contributed by atoms with Gasteiger partial charge in [0.25, 0.3) is 5.91 Å². The second kappa shape index (κ2) is 11.4. The Morgan fingerprint density at radius 1 is 1.03 bits per heavy atom. The predicted molar refractivity (Wildman–Crippen MR) is 151 cm³/mol. The van der Waals surface area contributed by atoms with E-state index < -0.39 is 10.0 Å². The molecule has 0 atom stereocenters. The second-order valence-corrected chi connectivity index (χ2v) is 12.4. The number of hydrogen-bond acceptors (Lipinski definition) is 6. The van der Waals surface area contributed by atoms with Crippen LogP contribution in [-0.2, 0) is 16.6 Å². The molecule has 1 aliphatic rings. The van der Waals surface area contributed by atoms with Crippen molar-refractivity contribution in [1.29, 1.82) is 0 Å². The molecule has 0 N–H and O–H groups in total. The van der Waals surface area contributed by atoms with E-state index in [4.69, 9.17) is 11.6 Å². The summed E-state index contributed by atoms with van der Waals surface area (Å²) in [6.07, 6.45) is 3.43. The number of hydrogen-bond donors (Lipinski definition) is 0. The van der Waals surface area contributed by atoms with Crippen molar-refractivity contribution in [3.05, 3.63) is 70.1 Å². The molecule has 1 amide bonds. The van der Waals surface area contributed by atoms with Gasteiger partial charge < -0.3 is 4.90 Å². The lowest BCUT2D eigenvalue weighted by molar-refractivity contribution is 0.0711. The van der Waals surface area contributed by atoms with Crippen LogP contribution in [0.2, 0.25) is 5.02 Å². The van der Waals surface area contributed by atoms with Crippen LogP contribution in [0.1, 0.15) is 47.6 Å². The number of carbonyl (C=O) groups excluding carboxylic acids is 1. The van der Waals surface area contributed by atoms with Crippen molar-refractivity contribution in [3.63, 3.8) is 0 Å². The van der Waals surface area contributed by atoms with Crippen molar-refractivity contribution in [2.24, 2.45) is 0 Å². The number of nitrogens with zero attached hydrogens (tertiary/aromatic N) is 6. The Morgan fingerprint density at radius 2 is 1.79 bits per heavy atom. The Labute approximate surface area is 230 Å². The highest BCUT2D eigenvalue weighted by Gasteiger charge is 2.26. The summed E-state index contributed by atoms with van der Waals surface area (Å²) in [6, 6.07) is 11.0. The molecule has 0 saturated carbocycles. The standard InChI is InChI=1S/C27H35ClN6O3S/c1-19(2)31-11-6-12-33(38(5,36)37)25-16-24(28)9-7-23(25)18-32(14-13-31)27(35)22-8-10-26(29-17-22)34-21(4)15-20(3)30-34/h7-10,15-17,19H,6,11-14,18H2,1-5H3. The lowest BCUT2D eigenvalue weighted by Gasteiger charge is -2.30. The monoisotopic (exact) mass is 558 g/mol. The highest BCUT2D eigenvalue weighted by Crippen LogP contribution is 2.29. The maximum absolute atomic E-state index is 13.8. The highest BCUT2D eigenvalue weighted by molar-refractivity contribution is 7.92. The maximum Gasteiger partial charge on any atom is 0.255 e. The molecule has 9 nitrogen and oxygen atoms in total. The Bertz CT molecular complexity index is 1400. The maximum atomic E-state index is 13.8. The first-order chi connectivity index (χ1) is 17.9. The molecule has 3 heterocycles. The van der Waals surface area contributed by atoms with Crippen LogP contribution >= 0.6 is 11.6 Å². The predicted octanol–water partition coefficient (Wildman–Crippen LogP) is 4.06. The largest absolute Gasteiger partial charge is 0.333 e. The van der Waals surface area contributed by atoms with Gasteiger partial charge in [-0.2, -0.15) is 5.10 Å². The van der Waals surface area contributed by atoms with Gasteiger partial charge in [0.15, 0.2) is 5.82 Å². The first-order valence-corrected chi connectivity index (χ1v) is 15.0. The molecule has 1 aliphatic heterocycles. The molecule has 0 unspecified atom stereocenters. The van der Waals surface area contributed by atoms with Gasteiger partial charge in [0.05, 0.1) is 23.2 Å². The lowest BCUT2D eigenvalue weighted by Crippen LogP contribution is -2.41. The number of rotatable bonds is 4. The summed E-state index contributed by atoms with van der Waals surface area (Å²) in [6.45, 7) is 10.5. The zero-order valence-electron chi connectivity index (χ0n) is 22.6. The lowest BCUT2D eigenvalue weighted by atomic mass is 10.1. The first kappa shape index (κ1) is 28.1. The number of benzene rings is 1. The van der Waals surface area contributed by atoms with E-state index in [0.717, 1.165) is 17.0 Å². The van der Waals surface area contributed by atoms with Crippen molar-refractivity contribution < 1.29 is 13.2 Å². The third kappa shape index (κ3) is 6.36. The van der Waals surface area contributed by atoms with Crippen molar-refractivity contribution in [2.45, 2.75) is 46.7 Å². The van der Waals surface area contributed by atoms with Crippen LogP contribution in [0.3, 0.4) is 0 Å². The average molecular weight is 559 g/mol. The van der Waals surface area contributed by atoms with Gasteiger partial charge >= 0.3 is 0 Å². The first-order valence-electron chi connectivity index (χ1n) is 12.7. The van der Waals surface area contributed by atoms with Crippen LogP contribution in [0, 0.1) is 13.8 Å². The second-order valence-electron chi connectivity index (χ2n) is 10.1. The van der Waals surface area contributed by atoms with Gasteiger partial charge in [-0.25, -0.2) is 18.1 Å². The van der Waals surface area contributed by atoms with Crippen LogP contribution < -0.4 is 4.31 Å². The summed E-state index contributed by atoms with van der Waals surface area (Å²) in [5, 5.41) is 4.91. The van der Waals surface area contributed by atoms with Crippen molar-refractivity contribution in [2.75, 3.05) is 36.7 Å². The van der Waals surface area contributed by atoms with Gasteiger partial charge in [0.1, 0.15) is 0 Å². The molecule has 0 radical (unpaired) electrons. The van der Waals surface area contributed by atoms with Crippen LogP contribution in [0.4, 0.5) is 5.69 Å². The Morgan fingerprint density at radius 3 is 2.39 bits per heavy atom. The van der Waals surface area contributed by atoms with Crippen LogP contribution in [0.5, 0.6) is 0 Å². The Kier molecular flexibility index (Phi) is 8.44. The molecule has 0 spiro atoms. The van der Waals surface area contributed by atoms with E-state index in [0.29, 0.717) is 54.7 Å². The van der Waals surface area contributed by atoms with Crippen molar-refractivity contribution >= 4 is 33.2 Å². The molecular formula is C27H35ClN6O3S. The summed E-state index contributed by atoms with van der Waals surface area (Å²) < 4.78 is 28.8. The number of pyridine rings is 1. The summed E-state index contributed by atoms with van der Waals surface area (Å²) in [7, 11) is -3.56. The summed E-state index contributed by atoms with van der Waals surface area (Å²) >= 11 is 6.30. The SMILES string of the molecule is Cc1cc(C)n(-c2ccc(C(=O)N3CCN(C(C)C)CCCN(S(C)(=O)=O)c4cc(Cl)ccc4C3)cn2)n1. The van der Waals surface area contributed by atoms with Gasteiger partial charge in [0.2, 0.25) is 10.0 Å². The minimum absolute atomic E-state index is 0.174. The minimum atomic E-state index is -3.56. The third-order valence-electron chi connectivity index (χ3n) is 6.78. The molecule has 3 aromatic rings. The normalized spacial score (nSPS) is 15.9. The van der Waals surface area contributed by atoms with Gasteiger partial charge in [-0.15, -0.1) is 0 Å². The van der Waals surface area contributed by atoms with Crippen LogP contribution in [0.25, 0.3) is 5.82 Å². The number of amides is 1. The number of halogens is 1. The fourth-order valence-electron chi connectivity index (χ4n) is 4.80. The number of sulfonamides is 1. The molecule has 0 fully saturated rings. The fourth-order valence-corrected chi connectivity index (χ4v) is 5.96. The minimum Gasteiger partial charge on any atom is -0.333 e. The van der Waals surface area contributed by atoms with Gasteiger partial charge in [-0.1, -0.05) is 17.7 Å². The molecule has 38 heavy (non-hydrogen) atoms. The summed E-state index contributed by atoms with van der Waals surface area (Å²) in [5.41, 5.74) is 3.54. The highest BCUT2D eigenvalue weighted by atomic mass is 35.5. The number of fused-ring (bicyclic) bond motifs is 1. The topological polar surface area (TPSA) is 91.6 Å². The number of aryl methyl sites for hydroxylation is 2. The van der Waals surface area contributed by atoms with E-state index in [2.05, 4.69) is 28.8 Å². The van der Waals surface area contributed by atoms with Gasteiger partial charge in [0, 0.05) is 55.7 Å². The van der Waals surface area contributed by atoms with E-state index >= 15 is 0 Å². The van der Waals surface area contributed by atoms with E-state index in [1.54, 1.807) is 46.1 Å². The van der Waals surface area contributed by atoms with Crippen LogP contribution in [-0.4, -0.2) is 77.4 Å². The number of anilines is 1. The van der Waals surface area contributed by atoms with E-state index in [9.17, 15) is 13.2 Å². The third-order valence-corrected chi connectivity index (χ3v) is 8.20. The Balaban J connectivity index is 1.70. The summed E-state index contributed by atoms with van der Waals surface area (Å²) in [4.78, 5) is 22.3.